The molecule has 0 aliphatic heterocycles. The lowest BCUT2D eigenvalue weighted by Crippen LogP contribution is -2.18. The molecular weight excluding hydrogens is 234 g/mol. The standard InChI is InChI=1S/C11H11ClF2N2/c12-9-5-8(15)6-16-10(9)7-1-3-11(13,14)4-2-7/h1,5-6H,2-4,15H2. The predicted molar refractivity (Wildman–Crippen MR) is 60.4 cm³/mol. The Morgan fingerprint density at radius 1 is 1.44 bits per heavy atom. The third kappa shape index (κ3) is 2.32. The molecule has 5 heteroatoms. The number of alkyl halides is 2. The largest absolute Gasteiger partial charge is 0.397 e. The van der Waals surface area contributed by atoms with Crippen LogP contribution in [0.3, 0.4) is 0 Å². The number of halogens is 3. The fraction of sp³-hybridized carbons (Fsp3) is 0.364. The van der Waals surface area contributed by atoms with Gasteiger partial charge >= 0.3 is 0 Å². The summed E-state index contributed by atoms with van der Waals surface area (Å²) >= 11 is 5.96. The molecule has 0 atom stereocenters. The van der Waals surface area contributed by atoms with Gasteiger partial charge in [-0.2, -0.15) is 0 Å². The number of nitrogens with two attached hydrogens (primary N) is 1. The van der Waals surface area contributed by atoms with Crippen molar-refractivity contribution in [2.75, 3.05) is 5.73 Å². The van der Waals surface area contributed by atoms with Crippen LogP contribution < -0.4 is 5.73 Å². The van der Waals surface area contributed by atoms with Crippen molar-refractivity contribution in [1.29, 1.82) is 0 Å². The van der Waals surface area contributed by atoms with Gasteiger partial charge in [-0.15, -0.1) is 0 Å². The minimum Gasteiger partial charge on any atom is -0.397 e. The van der Waals surface area contributed by atoms with Crippen LogP contribution in [-0.2, 0) is 0 Å². The minimum absolute atomic E-state index is 0.152. The molecule has 1 aliphatic rings. The van der Waals surface area contributed by atoms with Crippen LogP contribution in [0.4, 0.5) is 14.5 Å². The molecule has 0 fully saturated rings. The lowest BCUT2D eigenvalue weighted by molar-refractivity contribution is -0.00605. The van der Waals surface area contributed by atoms with Crippen molar-refractivity contribution >= 4 is 22.9 Å². The second kappa shape index (κ2) is 4.01. The number of nitrogens with zero attached hydrogens (tertiary/aromatic N) is 1. The lowest BCUT2D eigenvalue weighted by atomic mass is 9.94. The molecule has 2 N–H and O–H groups in total. The summed E-state index contributed by atoms with van der Waals surface area (Å²) in [7, 11) is 0. The molecule has 0 amide bonds. The molecule has 2 nitrogen and oxygen atoms in total. The zero-order valence-electron chi connectivity index (χ0n) is 8.51. The summed E-state index contributed by atoms with van der Waals surface area (Å²) in [6.07, 6.45) is 2.89. The van der Waals surface area contributed by atoms with Crippen LogP contribution in [0.1, 0.15) is 25.0 Å². The highest BCUT2D eigenvalue weighted by Gasteiger charge is 2.31. The predicted octanol–water partition coefficient (Wildman–Crippen LogP) is 3.52. The zero-order chi connectivity index (χ0) is 11.8. The van der Waals surface area contributed by atoms with Gasteiger partial charge in [0.25, 0.3) is 5.92 Å². The van der Waals surface area contributed by atoms with E-state index >= 15 is 0 Å². The number of rotatable bonds is 1. The molecular formula is C11H11ClF2N2. The van der Waals surface area contributed by atoms with Crippen LogP contribution in [0.25, 0.3) is 5.57 Å². The van der Waals surface area contributed by atoms with Crippen molar-refractivity contribution in [3.8, 4) is 0 Å². The Kier molecular flexibility index (Phi) is 2.84. The molecule has 0 bridgehead atoms. The van der Waals surface area contributed by atoms with E-state index in [2.05, 4.69) is 4.98 Å². The number of hydrogen-bond acceptors (Lipinski definition) is 2. The highest BCUT2D eigenvalue weighted by Crippen LogP contribution is 2.37. The lowest BCUT2D eigenvalue weighted by Gasteiger charge is -2.21. The van der Waals surface area contributed by atoms with Gasteiger partial charge in [-0.25, -0.2) is 8.78 Å². The summed E-state index contributed by atoms with van der Waals surface area (Å²) in [5, 5.41) is 0.413. The van der Waals surface area contributed by atoms with E-state index in [0.29, 0.717) is 22.8 Å². The summed E-state index contributed by atoms with van der Waals surface area (Å²) < 4.78 is 25.9. The minimum atomic E-state index is -2.59. The van der Waals surface area contributed by atoms with E-state index in [0.717, 1.165) is 5.57 Å². The van der Waals surface area contributed by atoms with Crippen molar-refractivity contribution in [2.45, 2.75) is 25.2 Å². The smallest absolute Gasteiger partial charge is 0.251 e. The fourth-order valence-corrected chi connectivity index (χ4v) is 1.99. The molecule has 0 saturated heterocycles. The first kappa shape index (κ1) is 11.3. The molecule has 0 unspecified atom stereocenters. The Balaban J connectivity index is 2.29. The van der Waals surface area contributed by atoms with Gasteiger partial charge < -0.3 is 5.73 Å². The number of allylic oxidation sites excluding steroid dienone is 2. The maximum atomic E-state index is 12.9. The SMILES string of the molecule is Nc1cnc(C2=CCC(F)(F)CC2)c(Cl)c1. The van der Waals surface area contributed by atoms with Gasteiger partial charge in [-0.1, -0.05) is 17.7 Å². The molecule has 0 spiro atoms. The Morgan fingerprint density at radius 3 is 2.75 bits per heavy atom. The summed E-state index contributed by atoms with van der Waals surface area (Å²) in [6, 6.07) is 1.58. The molecule has 86 valence electrons. The number of pyridine rings is 1. The van der Waals surface area contributed by atoms with Crippen molar-refractivity contribution in [3.05, 3.63) is 29.1 Å². The molecule has 1 aromatic rings. The monoisotopic (exact) mass is 244 g/mol. The van der Waals surface area contributed by atoms with Gasteiger partial charge in [0.1, 0.15) is 0 Å². The summed E-state index contributed by atoms with van der Waals surface area (Å²) in [5.41, 5.74) is 7.32. The van der Waals surface area contributed by atoms with Crippen LogP contribution in [-0.4, -0.2) is 10.9 Å². The Hall–Kier alpha value is -1.16. The topological polar surface area (TPSA) is 38.9 Å². The number of aromatic nitrogens is 1. The average Bonchev–Trinajstić information content (AvgIpc) is 2.19. The Labute approximate surface area is 97.1 Å². The van der Waals surface area contributed by atoms with Crippen molar-refractivity contribution in [3.63, 3.8) is 0 Å². The highest BCUT2D eigenvalue weighted by molar-refractivity contribution is 6.32. The average molecular weight is 245 g/mol. The van der Waals surface area contributed by atoms with E-state index < -0.39 is 5.92 Å². The van der Waals surface area contributed by atoms with E-state index in [4.69, 9.17) is 17.3 Å². The molecule has 1 heterocycles. The Morgan fingerprint density at radius 2 is 2.19 bits per heavy atom. The van der Waals surface area contributed by atoms with E-state index in [1.165, 1.54) is 12.3 Å². The van der Waals surface area contributed by atoms with Gasteiger partial charge in [0.2, 0.25) is 0 Å². The first-order valence-electron chi connectivity index (χ1n) is 4.96. The second-order valence-corrected chi connectivity index (χ2v) is 4.30. The third-order valence-corrected chi connectivity index (χ3v) is 2.86. The molecule has 16 heavy (non-hydrogen) atoms. The quantitative estimate of drug-likeness (QED) is 0.821. The molecule has 0 saturated carbocycles. The van der Waals surface area contributed by atoms with Gasteiger partial charge in [0.15, 0.2) is 0 Å². The first-order chi connectivity index (χ1) is 7.48. The number of anilines is 1. The van der Waals surface area contributed by atoms with Crippen LogP contribution in [0, 0.1) is 0 Å². The van der Waals surface area contributed by atoms with Gasteiger partial charge in [-0.05, 0) is 18.1 Å². The maximum absolute atomic E-state index is 12.9. The van der Waals surface area contributed by atoms with Crippen LogP contribution in [0.2, 0.25) is 5.02 Å². The molecule has 0 aromatic carbocycles. The third-order valence-electron chi connectivity index (χ3n) is 2.57. The fourth-order valence-electron chi connectivity index (χ4n) is 1.70. The van der Waals surface area contributed by atoms with E-state index in [9.17, 15) is 8.78 Å². The van der Waals surface area contributed by atoms with Crippen LogP contribution in [0.15, 0.2) is 18.3 Å². The van der Waals surface area contributed by atoms with Crippen molar-refractivity contribution in [2.24, 2.45) is 0 Å². The zero-order valence-corrected chi connectivity index (χ0v) is 9.27. The van der Waals surface area contributed by atoms with E-state index in [1.807, 2.05) is 0 Å². The number of hydrogen-bond donors (Lipinski definition) is 1. The normalized spacial score (nSPS) is 19.3. The van der Waals surface area contributed by atoms with Crippen LogP contribution in [0.5, 0.6) is 0 Å². The Bertz CT molecular complexity index is 444. The molecule has 1 aliphatic carbocycles. The maximum Gasteiger partial charge on any atom is 0.251 e. The van der Waals surface area contributed by atoms with Gasteiger partial charge in [0, 0.05) is 12.8 Å². The molecule has 0 radical (unpaired) electrons. The first-order valence-corrected chi connectivity index (χ1v) is 5.34. The second-order valence-electron chi connectivity index (χ2n) is 3.89. The number of nitrogen functional groups attached to an aromatic ring is 1. The van der Waals surface area contributed by atoms with Gasteiger partial charge in [0.05, 0.1) is 22.6 Å². The summed E-state index contributed by atoms with van der Waals surface area (Å²) in [6.45, 7) is 0. The van der Waals surface area contributed by atoms with Gasteiger partial charge in [-0.3, -0.25) is 4.98 Å². The van der Waals surface area contributed by atoms with Crippen molar-refractivity contribution in [1.82, 2.24) is 4.98 Å². The highest BCUT2D eigenvalue weighted by atomic mass is 35.5. The summed E-state index contributed by atoms with van der Waals surface area (Å²) in [5.74, 6) is -2.59. The van der Waals surface area contributed by atoms with Crippen LogP contribution >= 0.6 is 11.6 Å². The van der Waals surface area contributed by atoms with E-state index in [-0.39, 0.29) is 12.8 Å². The van der Waals surface area contributed by atoms with E-state index in [1.54, 1.807) is 6.07 Å². The summed E-state index contributed by atoms with van der Waals surface area (Å²) in [4.78, 5) is 4.08. The van der Waals surface area contributed by atoms with Crippen molar-refractivity contribution < 1.29 is 8.78 Å². The molecule has 2 rings (SSSR count). The molecule has 1 aromatic heterocycles.